The Morgan fingerprint density at radius 1 is 1.50 bits per heavy atom. The zero-order valence-corrected chi connectivity index (χ0v) is 12.5. The van der Waals surface area contributed by atoms with Crippen molar-refractivity contribution in [3.05, 3.63) is 33.4 Å². The van der Waals surface area contributed by atoms with E-state index in [1.807, 2.05) is 32.2 Å². The van der Waals surface area contributed by atoms with E-state index in [9.17, 15) is 0 Å². The number of hydrogen-bond donors (Lipinski definition) is 2. The Hall–Kier alpha value is -1.20. The number of aryl methyl sites for hydroxylation is 2. The van der Waals surface area contributed by atoms with Gasteiger partial charge in [0, 0.05) is 17.2 Å². The number of hydrogen-bond acceptors (Lipinski definition) is 3. The summed E-state index contributed by atoms with van der Waals surface area (Å²) < 4.78 is 2.60. The van der Waals surface area contributed by atoms with E-state index in [-0.39, 0.29) is 0 Å². The van der Waals surface area contributed by atoms with Gasteiger partial charge in [-0.15, -0.1) is 0 Å². The first kappa shape index (κ1) is 13.2. The van der Waals surface area contributed by atoms with Crippen LogP contribution in [0.4, 0.5) is 17.2 Å². The van der Waals surface area contributed by atoms with Crippen LogP contribution in [0.1, 0.15) is 12.6 Å². The van der Waals surface area contributed by atoms with Gasteiger partial charge in [0.1, 0.15) is 0 Å². The van der Waals surface area contributed by atoms with E-state index in [0.29, 0.717) is 10.7 Å². The highest BCUT2D eigenvalue weighted by molar-refractivity contribution is 9.10. The van der Waals surface area contributed by atoms with Crippen molar-refractivity contribution in [3.8, 4) is 0 Å². The summed E-state index contributed by atoms with van der Waals surface area (Å²) in [5.74, 6) is 0.783. The first-order chi connectivity index (χ1) is 8.52. The van der Waals surface area contributed by atoms with Crippen LogP contribution in [0, 0.1) is 0 Å². The van der Waals surface area contributed by atoms with Gasteiger partial charge in [-0.1, -0.05) is 18.5 Å². The van der Waals surface area contributed by atoms with Gasteiger partial charge in [-0.3, -0.25) is 4.68 Å². The molecule has 0 fully saturated rings. The predicted molar refractivity (Wildman–Crippen MR) is 79.4 cm³/mol. The Bertz CT molecular complexity index is 580. The quantitative estimate of drug-likeness (QED) is 0.902. The number of nitrogen functional groups attached to an aromatic ring is 1. The average Bonchev–Trinajstić information content (AvgIpc) is 2.61. The Kier molecular flexibility index (Phi) is 3.82. The second kappa shape index (κ2) is 5.20. The van der Waals surface area contributed by atoms with Crippen LogP contribution in [0.3, 0.4) is 0 Å². The SMILES string of the molecule is CCc1nn(C)c(Nc2ccc(Br)c(Cl)c2)c1N. The molecule has 0 bridgehead atoms. The molecule has 1 heterocycles. The van der Waals surface area contributed by atoms with Crippen LogP contribution in [-0.2, 0) is 13.5 Å². The lowest BCUT2D eigenvalue weighted by atomic mass is 10.3. The smallest absolute Gasteiger partial charge is 0.152 e. The van der Waals surface area contributed by atoms with Crippen molar-refractivity contribution in [1.29, 1.82) is 0 Å². The van der Waals surface area contributed by atoms with Crippen molar-refractivity contribution in [2.24, 2.45) is 7.05 Å². The Labute approximate surface area is 119 Å². The van der Waals surface area contributed by atoms with Gasteiger partial charge in [0.15, 0.2) is 5.82 Å². The molecular formula is C12H14BrClN4. The van der Waals surface area contributed by atoms with Gasteiger partial charge in [-0.2, -0.15) is 5.10 Å². The molecule has 0 aliphatic rings. The number of halogens is 2. The Morgan fingerprint density at radius 2 is 2.22 bits per heavy atom. The zero-order chi connectivity index (χ0) is 13.3. The van der Waals surface area contributed by atoms with Crippen LogP contribution in [0.5, 0.6) is 0 Å². The van der Waals surface area contributed by atoms with Gasteiger partial charge in [0.2, 0.25) is 0 Å². The second-order valence-corrected chi connectivity index (χ2v) is 5.20. The summed E-state index contributed by atoms with van der Waals surface area (Å²) in [7, 11) is 1.86. The van der Waals surface area contributed by atoms with Gasteiger partial charge < -0.3 is 11.1 Å². The van der Waals surface area contributed by atoms with Crippen LogP contribution < -0.4 is 11.1 Å². The van der Waals surface area contributed by atoms with E-state index >= 15 is 0 Å². The largest absolute Gasteiger partial charge is 0.394 e. The summed E-state index contributed by atoms with van der Waals surface area (Å²) in [4.78, 5) is 0. The second-order valence-electron chi connectivity index (χ2n) is 3.94. The summed E-state index contributed by atoms with van der Waals surface area (Å²) in [6.07, 6.45) is 0.808. The molecule has 3 N–H and O–H groups in total. The first-order valence-electron chi connectivity index (χ1n) is 5.56. The monoisotopic (exact) mass is 328 g/mol. The number of nitrogens with zero attached hydrogens (tertiary/aromatic N) is 2. The van der Waals surface area contributed by atoms with Crippen molar-refractivity contribution in [2.45, 2.75) is 13.3 Å². The number of anilines is 3. The first-order valence-corrected chi connectivity index (χ1v) is 6.73. The fourth-order valence-corrected chi connectivity index (χ4v) is 2.14. The van der Waals surface area contributed by atoms with Crippen LogP contribution in [0.2, 0.25) is 5.02 Å². The van der Waals surface area contributed by atoms with Gasteiger partial charge >= 0.3 is 0 Å². The molecular weight excluding hydrogens is 316 g/mol. The van der Waals surface area contributed by atoms with Crippen molar-refractivity contribution in [1.82, 2.24) is 9.78 Å². The third-order valence-electron chi connectivity index (χ3n) is 2.68. The summed E-state index contributed by atoms with van der Waals surface area (Å²) >= 11 is 9.41. The summed E-state index contributed by atoms with van der Waals surface area (Å²) in [6.45, 7) is 2.03. The van der Waals surface area contributed by atoms with E-state index in [2.05, 4.69) is 26.3 Å². The number of nitrogens with one attached hydrogen (secondary N) is 1. The highest BCUT2D eigenvalue weighted by atomic mass is 79.9. The van der Waals surface area contributed by atoms with Gasteiger partial charge in [0.05, 0.1) is 16.4 Å². The summed E-state index contributed by atoms with van der Waals surface area (Å²) in [5, 5.41) is 8.23. The number of aromatic nitrogens is 2. The standard InChI is InChI=1S/C12H14BrClN4/c1-3-10-11(15)12(18(2)17-10)16-7-4-5-8(13)9(14)6-7/h4-6,16H,3,15H2,1-2H3. The Balaban J connectivity index is 2.33. The third kappa shape index (κ3) is 2.47. The lowest BCUT2D eigenvalue weighted by Gasteiger charge is -2.08. The normalized spacial score (nSPS) is 10.7. The topological polar surface area (TPSA) is 55.9 Å². The number of benzene rings is 1. The molecule has 0 radical (unpaired) electrons. The summed E-state index contributed by atoms with van der Waals surface area (Å²) in [6, 6.07) is 5.65. The molecule has 0 aliphatic heterocycles. The fourth-order valence-electron chi connectivity index (χ4n) is 1.72. The van der Waals surface area contributed by atoms with E-state index in [1.165, 1.54) is 0 Å². The molecule has 2 rings (SSSR count). The van der Waals surface area contributed by atoms with Gasteiger partial charge in [-0.25, -0.2) is 0 Å². The molecule has 6 heteroatoms. The van der Waals surface area contributed by atoms with E-state index in [1.54, 1.807) is 4.68 Å². The van der Waals surface area contributed by atoms with Crippen molar-refractivity contribution in [2.75, 3.05) is 11.1 Å². The van der Waals surface area contributed by atoms with Crippen molar-refractivity contribution in [3.63, 3.8) is 0 Å². The average molecular weight is 330 g/mol. The van der Waals surface area contributed by atoms with Crippen LogP contribution in [0.15, 0.2) is 22.7 Å². The highest BCUT2D eigenvalue weighted by Crippen LogP contribution is 2.30. The summed E-state index contributed by atoms with van der Waals surface area (Å²) in [5.41, 5.74) is 8.49. The number of rotatable bonds is 3. The maximum Gasteiger partial charge on any atom is 0.152 e. The van der Waals surface area contributed by atoms with E-state index in [4.69, 9.17) is 17.3 Å². The lowest BCUT2D eigenvalue weighted by Crippen LogP contribution is -2.01. The molecule has 1 aromatic carbocycles. The molecule has 0 aliphatic carbocycles. The minimum absolute atomic E-state index is 0.649. The van der Waals surface area contributed by atoms with Crippen LogP contribution in [-0.4, -0.2) is 9.78 Å². The zero-order valence-electron chi connectivity index (χ0n) is 10.2. The van der Waals surface area contributed by atoms with Crippen LogP contribution in [0.25, 0.3) is 0 Å². The molecule has 1 aromatic heterocycles. The van der Waals surface area contributed by atoms with Gasteiger partial charge in [0.25, 0.3) is 0 Å². The highest BCUT2D eigenvalue weighted by Gasteiger charge is 2.12. The minimum Gasteiger partial charge on any atom is -0.394 e. The third-order valence-corrected chi connectivity index (χ3v) is 3.91. The maximum absolute atomic E-state index is 6.05. The molecule has 18 heavy (non-hydrogen) atoms. The number of nitrogens with two attached hydrogens (primary N) is 1. The molecule has 0 unspecified atom stereocenters. The van der Waals surface area contributed by atoms with Crippen LogP contribution >= 0.6 is 27.5 Å². The predicted octanol–water partition coefficient (Wildman–Crippen LogP) is 3.72. The van der Waals surface area contributed by atoms with Crippen molar-refractivity contribution < 1.29 is 0 Å². The molecule has 0 saturated heterocycles. The molecule has 0 atom stereocenters. The molecule has 0 amide bonds. The molecule has 2 aromatic rings. The molecule has 0 saturated carbocycles. The molecule has 4 nitrogen and oxygen atoms in total. The molecule has 0 spiro atoms. The lowest BCUT2D eigenvalue weighted by molar-refractivity contribution is 0.753. The van der Waals surface area contributed by atoms with Gasteiger partial charge in [-0.05, 0) is 40.5 Å². The molecule has 96 valence electrons. The fraction of sp³-hybridized carbons (Fsp3) is 0.250. The van der Waals surface area contributed by atoms with E-state index in [0.717, 1.165) is 28.1 Å². The van der Waals surface area contributed by atoms with Crippen molar-refractivity contribution >= 4 is 44.7 Å². The Morgan fingerprint density at radius 3 is 2.78 bits per heavy atom. The van der Waals surface area contributed by atoms with E-state index < -0.39 is 0 Å². The maximum atomic E-state index is 6.05. The minimum atomic E-state index is 0.649.